The van der Waals surface area contributed by atoms with Gasteiger partial charge < -0.3 is 0 Å². The molecule has 0 spiro atoms. The summed E-state index contributed by atoms with van der Waals surface area (Å²) in [5.41, 5.74) is 8.31. The van der Waals surface area contributed by atoms with E-state index in [-0.39, 0.29) is 12.8 Å². The van der Waals surface area contributed by atoms with Gasteiger partial charge >= 0.3 is 0 Å². The van der Waals surface area contributed by atoms with Crippen LogP contribution in [0.3, 0.4) is 0 Å². The maximum absolute atomic E-state index is 2.37. The van der Waals surface area contributed by atoms with Crippen molar-refractivity contribution in [2.24, 2.45) is 0 Å². The molecule has 0 saturated carbocycles. The summed E-state index contributed by atoms with van der Waals surface area (Å²) in [7, 11) is 0. The monoisotopic (exact) mass is 286 g/mol. The lowest BCUT2D eigenvalue weighted by molar-refractivity contribution is 0.660. The van der Waals surface area contributed by atoms with Gasteiger partial charge in [-0.15, -0.1) is 0 Å². The Morgan fingerprint density at radius 3 is 2.00 bits per heavy atom. The van der Waals surface area contributed by atoms with E-state index in [0.29, 0.717) is 0 Å². The van der Waals surface area contributed by atoms with Gasteiger partial charge in [-0.05, 0) is 39.4 Å². The molecule has 3 aromatic rings. The van der Waals surface area contributed by atoms with Crippen molar-refractivity contribution in [2.75, 3.05) is 0 Å². The lowest BCUT2D eigenvalue weighted by atomic mass is 9.81. The molecule has 0 amide bonds. The zero-order valence-electron chi connectivity index (χ0n) is 12.4. The molecule has 0 heterocycles. The molecule has 0 heteroatoms. The van der Waals surface area contributed by atoms with Crippen LogP contribution >= 0.6 is 0 Å². The lowest BCUT2D eigenvalue weighted by Crippen LogP contribution is -2.14. The first kappa shape index (κ1) is 14.6. The highest BCUT2D eigenvalue weighted by molar-refractivity contribution is 5.83. The second kappa shape index (κ2) is 5.14. The third kappa shape index (κ3) is 1.99. The predicted octanol–water partition coefficient (Wildman–Crippen LogP) is 6.30. The fraction of sp³-hybridized carbons (Fsp3) is 0.182. The van der Waals surface area contributed by atoms with Gasteiger partial charge in [0, 0.05) is 5.41 Å². The minimum absolute atomic E-state index is 0. The lowest BCUT2D eigenvalue weighted by Gasteiger charge is -2.22. The normalized spacial score (nSPS) is 13.9. The first-order valence-corrected chi connectivity index (χ1v) is 7.48. The minimum Gasteiger partial charge on any atom is -0.0776 e. The maximum atomic E-state index is 2.37. The maximum Gasteiger partial charge on any atom is 0.0159 e. The molecule has 4 rings (SSSR count). The molecule has 0 nitrogen and oxygen atoms in total. The molecule has 1 aliphatic rings. The van der Waals surface area contributed by atoms with Crippen molar-refractivity contribution in [2.45, 2.75) is 26.7 Å². The first-order valence-electron chi connectivity index (χ1n) is 7.48. The molecule has 0 N–H and O–H groups in total. The van der Waals surface area contributed by atoms with Gasteiger partial charge in [-0.2, -0.15) is 0 Å². The number of rotatable bonds is 1. The Morgan fingerprint density at radius 1 is 0.591 bits per heavy atom. The van der Waals surface area contributed by atoms with E-state index < -0.39 is 0 Å². The molecule has 22 heavy (non-hydrogen) atoms. The molecule has 0 saturated heterocycles. The summed E-state index contributed by atoms with van der Waals surface area (Å²) in [6.07, 6.45) is 0. The van der Waals surface area contributed by atoms with Crippen LogP contribution in [0.25, 0.3) is 22.3 Å². The van der Waals surface area contributed by atoms with Crippen LogP contribution in [0.2, 0.25) is 0 Å². The van der Waals surface area contributed by atoms with Crippen LogP contribution in [0.5, 0.6) is 0 Å². The average Bonchev–Trinajstić information content (AvgIpc) is 2.77. The van der Waals surface area contributed by atoms with Crippen LogP contribution in [-0.2, 0) is 5.41 Å². The Labute approximate surface area is 133 Å². The highest BCUT2D eigenvalue weighted by Crippen LogP contribution is 2.49. The Kier molecular flexibility index (Phi) is 3.41. The summed E-state index contributed by atoms with van der Waals surface area (Å²) in [6.45, 7) is 4.65. The van der Waals surface area contributed by atoms with Crippen LogP contribution in [0, 0.1) is 0 Å². The fourth-order valence-electron chi connectivity index (χ4n) is 3.51. The number of hydrogen-bond donors (Lipinski definition) is 0. The molecule has 110 valence electrons. The van der Waals surface area contributed by atoms with E-state index in [1.54, 1.807) is 0 Å². The van der Waals surface area contributed by atoms with Gasteiger partial charge in [-0.25, -0.2) is 0 Å². The van der Waals surface area contributed by atoms with Gasteiger partial charge in [0.15, 0.2) is 0 Å². The van der Waals surface area contributed by atoms with E-state index in [9.17, 15) is 0 Å². The number of fused-ring (bicyclic) bond motifs is 3. The first-order chi connectivity index (χ1) is 10.2. The van der Waals surface area contributed by atoms with Crippen LogP contribution in [-0.4, -0.2) is 0 Å². The summed E-state index contributed by atoms with van der Waals surface area (Å²) < 4.78 is 0. The molecular formula is C22H22. The van der Waals surface area contributed by atoms with E-state index in [4.69, 9.17) is 0 Å². The third-order valence-corrected chi connectivity index (χ3v) is 4.69. The minimum atomic E-state index is 0. The average molecular weight is 286 g/mol. The zero-order chi connectivity index (χ0) is 14.4. The summed E-state index contributed by atoms with van der Waals surface area (Å²) in [6, 6.07) is 26.3. The number of hydrogen-bond acceptors (Lipinski definition) is 0. The molecule has 1 aliphatic carbocycles. The van der Waals surface area contributed by atoms with Gasteiger partial charge in [0.25, 0.3) is 0 Å². The van der Waals surface area contributed by atoms with Gasteiger partial charge in [-0.1, -0.05) is 88.0 Å². The van der Waals surface area contributed by atoms with Crippen molar-refractivity contribution in [3.8, 4) is 22.3 Å². The van der Waals surface area contributed by atoms with Crippen molar-refractivity contribution >= 4 is 0 Å². The molecule has 0 aromatic heterocycles. The van der Waals surface area contributed by atoms with Crippen molar-refractivity contribution in [1.29, 1.82) is 0 Å². The second-order valence-corrected chi connectivity index (χ2v) is 6.30. The van der Waals surface area contributed by atoms with E-state index >= 15 is 0 Å². The summed E-state index contributed by atoms with van der Waals surface area (Å²) in [4.78, 5) is 0. The SMILES string of the molecule is C.CC1(C)c2ccccc2-c2ccc(-c3ccccc3)cc21. The van der Waals surface area contributed by atoms with E-state index in [1.807, 2.05) is 0 Å². The standard InChI is InChI=1S/C21H18.CH4/c1-21(2)19-11-7-6-10-17(19)18-13-12-16(14-20(18)21)15-8-4-3-5-9-15;/h3-14H,1-2H3;1H4. The van der Waals surface area contributed by atoms with Crippen LogP contribution in [0.1, 0.15) is 32.4 Å². The Hall–Kier alpha value is -2.34. The second-order valence-electron chi connectivity index (χ2n) is 6.30. The zero-order valence-corrected chi connectivity index (χ0v) is 12.4. The van der Waals surface area contributed by atoms with Gasteiger partial charge in [0.05, 0.1) is 0 Å². The summed E-state index contributed by atoms with van der Waals surface area (Å²) in [5, 5.41) is 0. The number of benzene rings is 3. The van der Waals surface area contributed by atoms with Gasteiger partial charge in [0.1, 0.15) is 0 Å². The molecule has 0 aliphatic heterocycles. The molecule has 0 atom stereocenters. The highest BCUT2D eigenvalue weighted by atomic mass is 14.4. The molecule has 0 bridgehead atoms. The van der Waals surface area contributed by atoms with Crippen LogP contribution in [0.15, 0.2) is 72.8 Å². The quantitative estimate of drug-likeness (QED) is 0.492. The van der Waals surface area contributed by atoms with E-state index in [0.717, 1.165) is 0 Å². The summed E-state index contributed by atoms with van der Waals surface area (Å²) in [5.74, 6) is 0. The third-order valence-electron chi connectivity index (χ3n) is 4.69. The Bertz CT molecular complexity index is 810. The molecule has 0 unspecified atom stereocenters. The Balaban J connectivity index is 0.00000144. The van der Waals surface area contributed by atoms with Crippen molar-refractivity contribution in [3.05, 3.63) is 83.9 Å². The molecule has 3 aromatic carbocycles. The van der Waals surface area contributed by atoms with Crippen LogP contribution < -0.4 is 0 Å². The smallest absolute Gasteiger partial charge is 0.0159 e. The van der Waals surface area contributed by atoms with Crippen molar-refractivity contribution in [1.82, 2.24) is 0 Å². The predicted molar refractivity (Wildman–Crippen MR) is 96.2 cm³/mol. The fourth-order valence-corrected chi connectivity index (χ4v) is 3.51. The van der Waals surface area contributed by atoms with E-state index in [2.05, 4.69) is 86.6 Å². The molecular weight excluding hydrogens is 264 g/mol. The van der Waals surface area contributed by atoms with Crippen LogP contribution in [0.4, 0.5) is 0 Å². The molecule has 0 radical (unpaired) electrons. The van der Waals surface area contributed by atoms with Gasteiger partial charge in [0.2, 0.25) is 0 Å². The topological polar surface area (TPSA) is 0 Å². The van der Waals surface area contributed by atoms with Crippen molar-refractivity contribution in [3.63, 3.8) is 0 Å². The largest absolute Gasteiger partial charge is 0.0776 e. The van der Waals surface area contributed by atoms with Crippen molar-refractivity contribution < 1.29 is 0 Å². The van der Waals surface area contributed by atoms with E-state index in [1.165, 1.54) is 33.4 Å². The summed E-state index contributed by atoms with van der Waals surface area (Å²) >= 11 is 0. The molecule has 0 fully saturated rings. The van der Waals surface area contributed by atoms with Gasteiger partial charge in [-0.3, -0.25) is 0 Å². The highest BCUT2D eigenvalue weighted by Gasteiger charge is 2.35. The Morgan fingerprint density at radius 2 is 1.23 bits per heavy atom.